The van der Waals surface area contributed by atoms with Crippen molar-refractivity contribution in [3.8, 4) is 0 Å². The summed E-state index contributed by atoms with van der Waals surface area (Å²) in [7, 11) is 1.58. The molecule has 9 heavy (non-hydrogen) atoms. The van der Waals surface area contributed by atoms with Crippen LogP contribution in [0.3, 0.4) is 0 Å². The van der Waals surface area contributed by atoms with Crippen molar-refractivity contribution in [2.75, 3.05) is 7.11 Å². The molecule has 0 amide bonds. The van der Waals surface area contributed by atoms with E-state index in [4.69, 9.17) is 0 Å². The molecule has 0 heterocycles. The van der Waals surface area contributed by atoms with Crippen LogP contribution < -0.4 is 0 Å². The Morgan fingerprint density at radius 2 is 2.22 bits per heavy atom. The van der Waals surface area contributed by atoms with Gasteiger partial charge in [0.2, 0.25) is 0 Å². The van der Waals surface area contributed by atoms with Crippen molar-refractivity contribution in [1.29, 1.82) is 0 Å². The second kappa shape index (κ2) is 5.60. The summed E-state index contributed by atoms with van der Waals surface area (Å²) in [6.45, 7) is 4.15. The summed E-state index contributed by atoms with van der Waals surface area (Å²) < 4.78 is 0. The Kier molecular flexibility index (Phi) is 5.27. The molecule has 0 aliphatic carbocycles. The van der Waals surface area contributed by atoms with Gasteiger partial charge in [0, 0.05) is 0 Å². The van der Waals surface area contributed by atoms with Gasteiger partial charge in [-0.1, -0.05) is 18.5 Å². The lowest BCUT2D eigenvalue weighted by Crippen LogP contribution is -1.90. The van der Waals surface area contributed by atoms with Crippen LogP contribution in [0.4, 0.5) is 0 Å². The smallest absolute Gasteiger partial charge is 0.106 e. The molecule has 0 spiro atoms. The zero-order valence-electron chi connectivity index (χ0n) is 6.48. The molecule has 0 aromatic carbocycles. The molecule has 0 rings (SSSR count). The number of nitrogens with zero attached hydrogens (tertiary/aromatic N) is 1. The van der Waals surface area contributed by atoms with E-state index in [1.807, 2.05) is 6.92 Å². The van der Waals surface area contributed by atoms with Crippen LogP contribution in [0, 0.1) is 0 Å². The van der Waals surface area contributed by atoms with E-state index >= 15 is 0 Å². The first kappa shape index (κ1) is 8.47. The maximum absolute atomic E-state index is 4.59. The van der Waals surface area contributed by atoms with Gasteiger partial charge in [-0.25, -0.2) is 0 Å². The van der Waals surface area contributed by atoms with E-state index in [2.05, 4.69) is 16.9 Å². The maximum atomic E-state index is 4.59. The first-order valence-electron chi connectivity index (χ1n) is 3.38. The second-order valence-corrected chi connectivity index (χ2v) is 2.11. The van der Waals surface area contributed by atoms with Crippen LogP contribution in [-0.4, -0.2) is 12.8 Å². The minimum atomic E-state index is 1.06. The Bertz CT molecular complexity index is 88.9. The highest BCUT2D eigenvalue weighted by Crippen LogP contribution is 1.95. The fraction of sp³-hybridized carbons (Fsp3) is 0.857. The standard InChI is InChI=1S/C7H15NO/c1-4-5-6-7(2)8-9-3/h4-6H2,1-3H3. The first-order valence-corrected chi connectivity index (χ1v) is 3.38. The Morgan fingerprint density at radius 3 is 2.67 bits per heavy atom. The van der Waals surface area contributed by atoms with E-state index < -0.39 is 0 Å². The Hall–Kier alpha value is -0.530. The van der Waals surface area contributed by atoms with E-state index in [9.17, 15) is 0 Å². The quantitative estimate of drug-likeness (QED) is 0.421. The summed E-state index contributed by atoms with van der Waals surface area (Å²) in [5.74, 6) is 0. The molecule has 0 bridgehead atoms. The van der Waals surface area contributed by atoms with E-state index in [-0.39, 0.29) is 0 Å². The van der Waals surface area contributed by atoms with E-state index in [1.165, 1.54) is 12.8 Å². The van der Waals surface area contributed by atoms with Gasteiger partial charge in [-0.2, -0.15) is 0 Å². The van der Waals surface area contributed by atoms with E-state index in [0.29, 0.717) is 0 Å². The minimum Gasteiger partial charge on any atom is -0.399 e. The van der Waals surface area contributed by atoms with Gasteiger partial charge in [-0.15, -0.1) is 0 Å². The van der Waals surface area contributed by atoms with Gasteiger partial charge < -0.3 is 4.84 Å². The molecule has 0 aromatic heterocycles. The van der Waals surface area contributed by atoms with Crippen molar-refractivity contribution in [1.82, 2.24) is 0 Å². The Balaban J connectivity index is 3.25. The van der Waals surface area contributed by atoms with E-state index in [1.54, 1.807) is 7.11 Å². The molecule has 0 radical (unpaired) electrons. The second-order valence-electron chi connectivity index (χ2n) is 2.11. The molecule has 0 unspecified atom stereocenters. The molecule has 54 valence electrons. The summed E-state index contributed by atoms with van der Waals surface area (Å²) in [5.41, 5.74) is 1.08. The van der Waals surface area contributed by atoms with Gasteiger partial charge in [0.05, 0.1) is 5.71 Å². The van der Waals surface area contributed by atoms with Crippen LogP contribution in [-0.2, 0) is 4.84 Å². The largest absolute Gasteiger partial charge is 0.399 e. The molecule has 0 aromatic rings. The number of rotatable bonds is 4. The van der Waals surface area contributed by atoms with Gasteiger partial charge >= 0.3 is 0 Å². The first-order chi connectivity index (χ1) is 4.31. The summed E-state index contributed by atoms with van der Waals surface area (Å²) in [5, 5.41) is 3.78. The highest BCUT2D eigenvalue weighted by atomic mass is 16.6. The highest BCUT2D eigenvalue weighted by Gasteiger charge is 1.88. The Labute approximate surface area is 56.9 Å². The third-order valence-corrected chi connectivity index (χ3v) is 1.14. The lowest BCUT2D eigenvalue weighted by Gasteiger charge is -1.95. The third-order valence-electron chi connectivity index (χ3n) is 1.14. The number of oxime groups is 1. The number of hydrogen-bond acceptors (Lipinski definition) is 2. The topological polar surface area (TPSA) is 21.6 Å². The molecule has 0 fully saturated rings. The molecule has 0 saturated carbocycles. The summed E-state index contributed by atoms with van der Waals surface area (Å²) in [6, 6.07) is 0. The van der Waals surface area contributed by atoms with Crippen LogP contribution in [0.2, 0.25) is 0 Å². The molecule has 2 nitrogen and oxygen atoms in total. The molecule has 2 heteroatoms. The lowest BCUT2D eigenvalue weighted by molar-refractivity contribution is 0.212. The SMILES string of the molecule is CCCCC(C)=NOC. The molecule has 0 atom stereocenters. The van der Waals surface area contributed by atoms with Gasteiger partial charge in [-0.05, 0) is 19.8 Å². The van der Waals surface area contributed by atoms with Gasteiger partial charge in [0.1, 0.15) is 7.11 Å². The number of unbranched alkanes of at least 4 members (excludes halogenated alkanes) is 1. The molecule has 0 aliphatic heterocycles. The van der Waals surface area contributed by atoms with Gasteiger partial charge in [0.25, 0.3) is 0 Å². The zero-order chi connectivity index (χ0) is 7.11. The monoisotopic (exact) mass is 129 g/mol. The van der Waals surface area contributed by atoms with Gasteiger partial charge in [-0.3, -0.25) is 0 Å². The predicted molar refractivity (Wildman–Crippen MR) is 39.6 cm³/mol. The molecule has 0 aliphatic rings. The Morgan fingerprint density at radius 1 is 1.56 bits per heavy atom. The van der Waals surface area contributed by atoms with Crippen LogP contribution in [0.25, 0.3) is 0 Å². The minimum absolute atomic E-state index is 1.06. The van der Waals surface area contributed by atoms with Crippen molar-refractivity contribution in [2.24, 2.45) is 5.16 Å². The van der Waals surface area contributed by atoms with Crippen LogP contribution in [0.1, 0.15) is 33.1 Å². The maximum Gasteiger partial charge on any atom is 0.106 e. The molecular weight excluding hydrogens is 114 g/mol. The van der Waals surface area contributed by atoms with E-state index in [0.717, 1.165) is 12.1 Å². The average molecular weight is 129 g/mol. The van der Waals surface area contributed by atoms with Crippen molar-refractivity contribution in [3.63, 3.8) is 0 Å². The third kappa shape index (κ3) is 5.34. The summed E-state index contributed by atoms with van der Waals surface area (Å²) in [6.07, 6.45) is 3.49. The highest BCUT2D eigenvalue weighted by molar-refractivity contribution is 5.81. The fourth-order valence-electron chi connectivity index (χ4n) is 0.634. The molecule has 0 saturated heterocycles. The zero-order valence-corrected chi connectivity index (χ0v) is 6.48. The molecule has 0 N–H and O–H groups in total. The van der Waals surface area contributed by atoms with Crippen LogP contribution in [0.15, 0.2) is 5.16 Å². The summed E-state index contributed by atoms with van der Waals surface area (Å²) in [4.78, 5) is 4.59. The average Bonchev–Trinajstić information content (AvgIpc) is 1.85. The normalized spacial score (nSPS) is 11.7. The molecular formula is C7H15NO. The summed E-state index contributed by atoms with van der Waals surface area (Å²) >= 11 is 0. The van der Waals surface area contributed by atoms with Crippen molar-refractivity contribution < 1.29 is 4.84 Å². The lowest BCUT2D eigenvalue weighted by atomic mass is 10.2. The predicted octanol–water partition coefficient (Wildman–Crippen LogP) is 2.20. The van der Waals surface area contributed by atoms with Crippen molar-refractivity contribution in [2.45, 2.75) is 33.1 Å². The number of hydrogen-bond donors (Lipinski definition) is 0. The van der Waals surface area contributed by atoms with Crippen molar-refractivity contribution >= 4 is 5.71 Å². The fourth-order valence-corrected chi connectivity index (χ4v) is 0.634. The van der Waals surface area contributed by atoms with Crippen LogP contribution >= 0.6 is 0 Å². The van der Waals surface area contributed by atoms with Crippen LogP contribution in [0.5, 0.6) is 0 Å². The van der Waals surface area contributed by atoms with Crippen molar-refractivity contribution in [3.05, 3.63) is 0 Å². The van der Waals surface area contributed by atoms with Gasteiger partial charge in [0.15, 0.2) is 0 Å².